The van der Waals surface area contributed by atoms with E-state index in [0.717, 1.165) is 29.9 Å². The Morgan fingerprint density at radius 3 is 2.70 bits per heavy atom. The van der Waals surface area contributed by atoms with E-state index in [1.165, 1.54) is 5.56 Å². The average Bonchev–Trinajstić information content (AvgIpc) is 2.53. The second-order valence-corrected chi connectivity index (χ2v) is 4.94. The van der Waals surface area contributed by atoms with Crippen molar-refractivity contribution in [2.75, 3.05) is 31.3 Å². The molecule has 3 N–H and O–H groups in total. The van der Waals surface area contributed by atoms with Gasteiger partial charge in [0.1, 0.15) is 0 Å². The van der Waals surface area contributed by atoms with Crippen molar-refractivity contribution >= 4 is 5.82 Å². The van der Waals surface area contributed by atoms with E-state index in [9.17, 15) is 5.11 Å². The lowest BCUT2D eigenvalue weighted by Gasteiger charge is -2.36. The number of nitrogens with zero attached hydrogens (tertiary/aromatic N) is 3. The second kappa shape index (κ2) is 6.97. The maximum atomic E-state index is 9.51. The van der Waals surface area contributed by atoms with Gasteiger partial charge in [0.2, 0.25) is 0 Å². The summed E-state index contributed by atoms with van der Waals surface area (Å²) in [5, 5.41) is 18.2. The first kappa shape index (κ1) is 15.2. The summed E-state index contributed by atoms with van der Waals surface area (Å²) in [6.45, 7) is 6.54. The monoisotopic (exact) mass is 280 g/mol. The predicted octanol–water partition coefficient (Wildman–Crippen LogP) is 0.258. The van der Waals surface area contributed by atoms with Gasteiger partial charge >= 0.3 is 0 Å². The van der Waals surface area contributed by atoms with Crippen LogP contribution in [-0.4, -0.2) is 47.7 Å². The zero-order valence-corrected chi connectivity index (χ0v) is 12.3. The van der Waals surface area contributed by atoms with Gasteiger partial charge in [0, 0.05) is 18.7 Å². The van der Waals surface area contributed by atoms with Gasteiger partial charge in [-0.15, -0.1) is 5.10 Å². The number of nitrogens with two attached hydrogens (primary N) is 1. The van der Waals surface area contributed by atoms with Crippen molar-refractivity contribution < 1.29 is 9.84 Å². The SMILES string of the molecule is CCc1nnc(N2CCOCC2CO)c(CN)c1CC. The van der Waals surface area contributed by atoms with Gasteiger partial charge in [-0.05, 0) is 18.4 Å². The van der Waals surface area contributed by atoms with Gasteiger partial charge in [0.15, 0.2) is 5.82 Å². The number of rotatable bonds is 5. The molecule has 20 heavy (non-hydrogen) atoms. The standard InChI is InChI=1S/C14H24N4O2/c1-3-11-12(7-15)14(17-16-13(11)4-2)18-5-6-20-9-10(18)8-19/h10,19H,3-9,15H2,1-2H3. The molecule has 1 aliphatic rings. The predicted molar refractivity (Wildman–Crippen MR) is 77.7 cm³/mol. The summed E-state index contributed by atoms with van der Waals surface area (Å²) in [5.41, 5.74) is 9.23. The molecule has 2 heterocycles. The summed E-state index contributed by atoms with van der Waals surface area (Å²) >= 11 is 0. The van der Waals surface area contributed by atoms with Crippen LogP contribution in [0.15, 0.2) is 0 Å². The summed E-state index contributed by atoms with van der Waals surface area (Å²) in [7, 11) is 0. The highest BCUT2D eigenvalue weighted by Crippen LogP contribution is 2.26. The molecular weight excluding hydrogens is 256 g/mol. The van der Waals surface area contributed by atoms with Gasteiger partial charge in [0.25, 0.3) is 0 Å². The fraction of sp³-hybridized carbons (Fsp3) is 0.714. The zero-order valence-electron chi connectivity index (χ0n) is 12.3. The van der Waals surface area contributed by atoms with Crippen molar-refractivity contribution in [3.63, 3.8) is 0 Å². The fourth-order valence-electron chi connectivity index (χ4n) is 2.77. The van der Waals surface area contributed by atoms with Crippen LogP contribution in [0.5, 0.6) is 0 Å². The number of anilines is 1. The number of ether oxygens (including phenoxy) is 1. The number of aromatic nitrogens is 2. The minimum absolute atomic E-state index is 0.0443. The van der Waals surface area contributed by atoms with E-state index in [4.69, 9.17) is 10.5 Å². The molecule has 6 nitrogen and oxygen atoms in total. The minimum Gasteiger partial charge on any atom is -0.394 e. The molecule has 0 aliphatic carbocycles. The van der Waals surface area contributed by atoms with Crippen LogP contribution >= 0.6 is 0 Å². The van der Waals surface area contributed by atoms with Gasteiger partial charge in [-0.3, -0.25) is 0 Å². The number of morpholine rings is 1. The van der Waals surface area contributed by atoms with E-state index in [0.29, 0.717) is 26.3 Å². The molecule has 1 atom stereocenters. The Labute approximate surface area is 119 Å². The Morgan fingerprint density at radius 1 is 1.30 bits per heavy atom. The number of aliphatic hydroxyl groups is 1. The van der Waals surface area contributed by atoms with Crippen LogP contribution in [0.3, 0.4) is 0 Å². The molecule has 0 saturated carbocycles. The van der Waals surface area contributed by atoms with Gasteiger partial charge in [-0.2, -0.15) is 5.10 Å². The Balaban J connectivity index is 2.44. The van der Waals surface area contributed by atoms with Crippen LogP contribution < -0.4 is 10.6 Å². The third-order valence-electron chi connectivity index (χ3n) is 3.85. The molecule has 1 aromatic heterocycles. The van der Waals surface area contributed by atoms with Crippen LogP contribution in [0.25, 0.3) is 0 Å². The first-order valence-corrected chi connectivity index (χ1v) is 7.29. The van der Waals surface area contributed by atoms with Crippen LogP contribution in [0.4, 0.5) is 5.82 Å². The molecule has 2 rings (SSSR count). The largest absolute Gasteiger partial charge is 0.394 e. The minimum atomic E-state index is -0.0690. The summed E-state index contributed by atoms with van der Waals surface area (Å²) in [4.78, 5) is 2.08. The summed E-state index contributed by atoms with van der Waals surface area (Å²) < 4.78 is 5.42. The Morgan fingerprint density at radius 2 is 2.10 bits per heavy atom. The first-order valence-electron chi connectivity index (χ1n) is 7.29. The van der Waals surface area contributed by atoms with Crippen molar-refractivity contribution in [1.82, 2.24) is 10.2 Å². The molecule has 0 radical (unpaired) electrons. The number of hydrogen-bond acceptors (Lipinski definition) is 6. The van der Waals surface area contributed by atoms with E-state index >= 15 is 0 Å². The fourth-order valence-corrected chi connectivity index (χ4v) is 2.77. The topological polar surface area (TPSA) is 84.5 Å². The molecule has 0 spiro atoms. The lowest BCUT2D eigenvalue weighted by Crippen LogP contribution is -2.48. The van der Waals surface area contributed by atoms with Crippen LogP contribution in [-0.2, 0) is 24.1 Å². The summed E-state index contributed by atoms with van der Waals surface area (Å²) in [6.07, 6.45) is 1.75. The van der Waals surface area contributed by atoms with Crippen LogP contribution in [0, 0.1) is 0 Å². The zero-order chi connectivity index (χ0) is 14.5. The van der Waals surface area contributed by atoms with Crippen molar-refractivity contribution in [1.29, 1.82) is 0 Å². The molecule has 0 amide bonds. The van der Waals surface area contributed by atoms with Gasteiger partial charge in [-0.1, -0.05) is 13.8 Å². The van der Waals surface area contributed by atoms with Crippen molar-refractivity contribution in [3.8, 4) is 0 Å². The summed E-state index contributed by atoms with van der Waals surface area (Å²) in [5.74, 6) is 0.809. The van der Waals surface area contributed by atoms with E-state index in [2.05, 4.69) is 28.9 Å². The molecule has 1 unspecified atom stereocenters. The van der Waals surface area contributed by atoms with Crippen LogP contribution in [0.2, 0.25) is 0 Å². The first-order chi connectivity index (χ1) is 9.76. The lowest BCUT2D eigenvalue weighted by molar-refractivity contribution is 0.0721. The lowest BCUT2D eigenvalue weighted by atomic mass is 10.0. The van der Waals surface area contributed by atoms with Crippen molar-refractivity contribution in [3.05, 3.63) is 16.8 Å². The Bertz CT molecular complexity index is 453. The molecule has 1 aliphatic heterocycles. The van der Waals surface area contributed by atoms with Crippen molar-refractivity contribution in [2.24, 2.45) is 5.73 Å². The number of hydrogen-bond donors (Lipinski definition) is 2. The highest BCUT2D eigenvalue weighted by molar-refractivity contribution is 5.52. The van der Waals surface area contributed by atoms with E-state index in [-0.39, 0.29) is 12.6 Å². The summed E-state index contributed by atoms with van der Waals surface area (Å²) in [6, 6.07) is -0.0690. The third-order valence-corrected chi connectivity index (χ3v) is 3.85. The Hall–Kier alpha value is -1.24. The second-order valence-electron chi connectivity index (χ2n) is 4.94. The molecule has 1 saturated heterocycles. The van der Waals surface area contributed by atoms with E-state index in [1.807, 2.05) is 0 Å². The molecular formula is C14H24N4O2. The quantitative estimate of drug-likeness (QED) is 0.805. The number of aryl methyl sites for hydroxylation is 1. The molecule has 112 valence electrons. The highest BCUT2D eigenvalue weighted by atomic mass is 16.5. The van der Waals surface area contributed by atoms with Gasteiger partial charge in [0.05, 0.1) is 31.6 Å². The van der Waals surface area contributed by atoms with E-state index < -0.39 is 0 Å². The highest BCUT2D eigenvalue weighted by Gasteiger charge is 2.27. The molecule has 6 heteroatoms. The van der Waals surface area contributed by atoms with Gasteiger partial charge < -0.3 is 20.5 Å². The smallest absolute Gasteiger partial charge is 0.156 e. The molecule has 0 aromatic carbocycles. The van der Waals surface area contributed by atoms with E-state index in [1.54, 1.807) is 0 Å². The molecule has 1 aromatic rings. The van der Waals surface area contributed by atoms with Crippen molar-refractivity contribution in [2.45, 2.75) is 39.3 Å². The third kappa shape index (κ3) is 2.77. The van der Waals surface area contributed by atoms with Crippen LogP contribution in [0.1, 0.15) is 30.7 Å². The molecule has 0 bridgehead atoms. The number of aliphatic hydroxyl groups excluding tert-OH is 1. The maximum Gasteiger partial charge on any atom is 0.156 e. The normalized spacial score (nSPS) is 19.4. The van der Waals surface area contributed by atoms with Gasteiger partial charge in [-0.25, -0.2) is 0 Å². The maximum absolute atomic E-state index is 9.51. The Kier molecular flexibility index (Phi) is 5.28. The molecule has 1 fully saturated rings. The average molecular weight is 280 g/mol.